The highest BCUT2D eigenvalue weighted by atomic mass is 15.4. The predicted octanol–water partition coefficient (Wildman–Crippen LogP) is 5.98. The summed E-state index contributed by atoms with van der Waals surface area (Å²) in [6, 6.07) is 7.03. The van der Waals surface area contributed by atoms with Crippen molar-refractivity contribution in [3.63, 3.8) is 0 Å². The van der Waals surface area contributed by atoms with E-state index in [-0.39, 0.29) is 0 Å². The van der Waals surface area contributed by atoms with E-state index in [0.29, 0.717) is 17.4 Å². The van der Waals surface area contributed by atoms with Gasteiger partial charge in [0.15, 0.2) is 0 Å². The molecule has 6 rings (SSSR count). The van der Waals surface area contributed by atoms with Gasteiger partial charge in [0.2, 0.25) is 0 Å². The number of benzene rings is 1. The number of para-hydroxylation sites is 1. The van der Waals surface area contributed by atoms with Crippen molar-refractivity contribution in [2.24, 2.45) is 17.8 Å². The monoisotopic (exact) mass is 366 g/mol. The Balaban J connectivity index is 1.43. The van der Waals surface area contributed by atoms with Crippen LogP contribution < -0.4 is 4.90 Å². The lowest BCUT2D eigenvalue weighted by Gasteiger charge is -2.60. The van der Waals surface area contributed by atoms with Crippen LogP contribution >= 0.6 is 0 Å². The molecule has 27 heavy (non-hydrogen) atoms. The summed E-state index contributed by atoms with van der Waals surface area (Å²) in [6.45, 7) is 13.1. The Labute approximate surface area is 166 Å². The van der Waals surface area contributed by atoms with Gasteiger partial charge in [0.1, 0.15) is 0 Å². The van der Waals surface area contributed by atoms with Crippen LogP contribution in [0.3, 0.4) is 0 Å². The average molecular weight is 367 g/mol. The zero-order valence-electron chi connectivity index (χ0n) is 17.9. The minimum Gasteiger partial charge on any atom is -0.357 e. The van der Waals surface area contributed by atoms with E-state index in [1.165, 1.54) is 32.4 Å². The third-order valence-electron chi connectivity index (χ3n) is 8.32. The maximum Gasteiger partial charge on any atom is 0.0713 e. The number of hydrogen-bond acceptors (Lipinski definition) is 2. The third-order valence-corrected chi connectivity index (χ3v) is 8.32. The van der Waals surface area contributed by atoms with E-state index >= 15 is 0 Å². The standard InChI is InChI=1S/C25H38N2/c1-17(2)22-6-5-7-23(18(3)4)24(22)26-8-9-27(16-26)25-13-19-10-20(14-25)12-21(11-19)15-25/h5-7,17-21H,8-16H2,1-4H3. The Kier molecular flexibility index (Phi) is 4.35. The van der Waals surface area contributed by atoms with Gasteiger partial charge in [-0.1, -0.05) is 45.9 Å². The van der Waals surface area contributed by atoms with Gasteiger partial charge < -0.3 is 4.90 Å². The zero-order valence-corrected chi connectivity index (χ0v) is 17.9. The van der Waals surface area contributed by atoms with Crippen molar-refractivity contribution < 1.29 is 0 Å². The lowest BCUT2D eigenvalue weighted by molar-refractivity contribution is -0.0797. The SMILES string of the molecule is CC(C)c1cccc(C(C)C)c1N1CCN(C23CC4CC(CC(C4)C2)C3)C1. The fraction of sp³-hybridized carbons (Fsp3) is 0.760. The Morgan fingerprint density at radius 1 is 0.815 bits per heavy atom. The lowest BCUT2D eigenvalue weighted by Crippen LogP contribution is -2.59. The van der Waals surface area contributed by atoms with Gasteiger partial charge in [0, 0.05) is 24.3 Å². The lowest BCUT2D eigenvalue weighted by atomic mass is 9.52. The number of nitrogens with zero attached hydrogens (tertiary/aromatic N) is 2. The van der Waals surface area contributed by atoms with Crippen molar-refractivity contribution in [2.75, 3.05) is 24.7 Å². The van der Waals surface area contributed by atoms with Crippen molar-refractivity contribution in [1.82, 2.24) is 4.90 Å². The highest BCUT2D eigenvalue weighted by Crippen LogP contribution is 2.58. The molecule has 5 aliphatic rings. The molecule has 5 fully saturated rings. The molecule has 2 heteroatoms. The quantitative estimate of drug-likeness (QED) is 0.646. The fourth-order valence-corrected chi connectivity index (χ4v) is 7.49. The number of anilines is 1. The van der Waals surface area contributed by atoms with Crippen LogP contribution in [0.15, 0.2) is 18.2 Å². The fourth-order valence-electron chi connectivity index (χ4n) is 7.49. The first-order chi connectivity index (χ1) is 12.9. The summed E-state index contributed by atoms with van der Waals surface area (Å²) in [4.78, 5) is 5.67. The second kappa shape index (κ2) is 6.51. The zero-order chi connectivity index (χ0) is 18.8. The van der Waals surface area contributed by atoms with E-state index in [9.17, 15) is 0 Å². The molecule has 4 aliphatic carbocycles. The van der Waals surface area contributed by atoms with Crippen LogP contribution in [-0.2, 0) is 0 Å². The van der Waals surface area contributed by atoms with E-state index in [1.807, 2.05) is 0 Å². The van der Waals surface area contributed by atoms with Gasteiger partial charge in [-0.15, -0.1) is 0 Å². The second-order valence-electron chi connectivity index (χ2n) is 10.9. The van der Waals surface area contributed by atoms with Crippen LogP contribution in [0.1, 0.15) is 89.2 Å². The molecular weight excluding hydrogens is 328 g/mol. The minimum atomic E-state index is 0.550. The first-order valence-electron chi connectivity index (χ1n) is 11.6. The molecule has 1 heterocycles. The maximum atomic E-state index is 2.93. The van der Waals surface area contributed by atoms with E-state index in [2.05, 4.69) is 55.7 Å². The van der Waals surface area contributed by atoms with Crippen LogP contribution in [0.4, 0.5) is 5.69 Å². The van der Waals surface area contributed by atoms with Crippen molar-refractivity contribution >= 4 is 5.69 Å². The Hall–Kier alpha value is -1.02. The Morgan fingerprint density at radius 2 is 1.33 bits per heavy atom. The molecule has 1 saturated heterocycles. The average Bonchev–Trinajstić information content (AvgIpc) is 3.10. The first-order valence-corrected chi connectivity index (χ1v) is 11.6. The van der Waals surface area contributed by atoms with Gasteiger partial charge in [-0.25, -0.2) is 0 Å². The summed E-state index contributed by atoms with van der Waals surface area (Å²) in [5, 5.41) is 0. The van der Waals surface area contributed by atoms with Gasteiger partial charge in [-0.3, -0.25) is 4.90 Å². The smallest absolute Gasteiger partial charge is 0.0713 e. The molecule has 0 N–H and O–H groups in total. The molecule has 0 unspecified atom stereocenters. The molecule has 0 atom stereocenters. The molecule has 0 amide bonds. The van der Waals surface area contributed by atoms with E-state index in [1.54, 1.807) is 36.1 Å². The second-order valence-corrected chi connectivity index (χ2v) is 10.9. The van der Waals surface area contributed by atoms with Gasteiger partial charge in [-0.05, 0) is 79.2 Å². The summed E-state index contributed by atoms with van der Waals surface area (Å²) in [5.41, 5.74) is 5.21. The maximum absolute atomic E-state index is 2.93. The molecule has 1 aromatic rings. The van der Waals surface area contributed by atoms with Crippen molar-refractivity contribution in [3.8, 4) is 0 Å². The minimum absolute atomic E-state index is 0.550. The Morgan fingerprint density at radius 3 is 1.81 bits per heavy atom. The van der Waals surface area contributed by atoms with Gasteiger partial charge in [0.05, 0.1) is 6.67 Å². The van der Waals surface area contributed by atoms with Gasteiger partial charge >= 0.3 is 0 Å². The summed E-state index contributed by atoms with van der Waals surface area (Å²) < 4.78 is 0. The van der Waals surface area contributed by atoms with Crippen LogP contribution in [-0.4, -0.2) is 30.2 Å². The highest BCUT2D eigenvalue weighted by molar-refractivity contribution is 5.62. The van der Waals surface area contributed by atoms with Gasteiger partial charge in [0.25, 0.3) is 0 Å². The molecule has 0 aromatic heterocycles. The third kappa shape index (κ3) is 2.94. The molecular formula is C25H38N2. The van der Waals surface area contributed by atoms with E-state index in [0.717, 1.165) is 24.4 Å². The molecule has 0 spiro atoms. The van der Waals surface area contributed by atoms with Crippen LogP contribution in [0.25, 0.3) is 0 Å². The number of hydrogen-bond donors (Lipinski definition) is 0. The molecule has 2 nitrogen and oxygen atoms in total. The van der Waals surface area contributed by atoms with Crippen molar-refractivity contribution in [3.05, 3.63) is 29.3 Å². The molecule has 1 aliphatic heterocycles. The molecule has 0 radical (unpaired) electrons. The first kappa shape index (κ1) is 18.0. The van der Waals surface area contributed by atoms with Crippen LogP contribution in [0, 0.1) is 17.8 Å². The number of rotatable bonds is 4. The Bertz CT molecular complexity index is 643. The van der Waals surface area contributed by atoms with Crippen LogP contribution in [0.5, 0.6) is 0 Å². The summed E-state index contributed by atoms with van der Waals surface area (Å²) in [5.74, 6) is 4.30. The highest BCUT2D eigenvalue weighted by Gasteiger charge is 2.54. The largest absolute Gasteiger partial charge is 0.357 e. The molecule has 4 bridgehead atoms. The van der Waals surface area contributed by atoms with Crippen LogP contribution in [0.2, 0.25) is 0 Å². The van der Waals surface area contributed by atoms with E-state index in [4.69, 9.17) is 0 Å². The van der Waals surface area contributed by atoms with Crippen molar-refractivity contribution in [1.29, 1.82) is 0 Å². The topological polar surface area (TPSA) is 6.48 Å². The normalized spacial score (nSPS) is 35.8. The van der Waals surface area contributed by atoms with E-state index < -0.39 is 0 Å². The summed E-state index contributed by atoms with van der Waals surface area (Å²) in [7, 11) is 0. The molecule has 1 aromatic carbocycles. The summed E-state index contributed by atoms with van der Waals surface area (Å²) in [6.07, 6.45) is 9.13. The summed E-state index contributed by atoms with van der Waals surface area (Å²) >= 11 is 0. The molecule has 148 valence electrons. The predicted molar refractivity (Wildman–Crippen MR) is 114 cm³/mol. The van der Waals surface area contributed by atoms with Gasteiger partial charge in [-0.2, -0.15) is 0 Å². The van der Waals surface area contributed by atoms with Crippen molar-refractivity contribution in [2.45, 2.75) is 83.6 Å². The molecule has 4 saturated carbocycles.